The van der Waals surface area contributed by atoms with E-state index in [4.69, 9.17) is 16.6 Å². The number of nitriles is 1. The number of hydrogen-bond acceptors (Lipinski definition) is 4. The Morgan fingerprint density at radius 3 is 2.46 bits per heavy atom. The molecule has 0 bridgehead atoms. The van der Waals surface area contributed by atoms with Gasteiger partial charge in [0.15, 0.2) is 0 Å². The van der Waals surface area contributed by atoms with Gasteiger partial charge in [-0.05, 0) is 40.8 Å². The Balaban J connectivity index is 1.78. The zero-order valence-electron chi connectivity index (χ0n) is 14.8. The minimum absolute atomic E-state index is 0.616. The summed E-state index contributed by atoms with van der Waals surface area (Å²) >= 11 is 9.21. The van der Waals surface area contributed by atoms with E-state index < -0.39 is 0 Å². The van der Waals surface area contributed by atoms with Crippen molar-refractivity contribution in [2.45, 2.75) is 10.8 Å². The Hall–Kier alpha value is -2.58. The van der Waals surface area contributed by atoms with Gasteiger partial charge >= 0.3 is 0 Å². The van der Waals surface area contributed by atoms with Crippen LogP contribution in [0.1, 0.15) is 11.1 Å². The van der Waals surface area contributed by atoms with Crippen LogP contribution in [0.3, 0.4) is 0 Å². The molecule has 0 radical (unpaired) electrons. The quantitative estimate of drug-likeness (QED) is 0.319. The van der Waals surface area contributed by atoms with Gasteiger partial charge in [0.1, 0.15) is 11.1 Å². The van der Waals surface area contributed by atoms with Gasteiger partial charge in [-0.3, -0.25) is 0 Å². The van der Waals surface area contributed by atoms with Crippen molar-refractivity contribution in [3.8, 4) is 27.8 Å². The molecule has 0 aliphatic heterocycles. The zero-order valence-corrected chi connectivity index (χ0v) is 17.2. The highest BCUT2D eigenvalue weighted by Gasteiger charge is 2.16. The maximum absolute atomic E-state index is 9.90. The number of rotatable bonds is 5. The van der Waals surface area contributed by atoms with Crippen molar-refractivity contribution in [1.82, 2.24) is 4.98 Å². The zero-order chi connectivity index (χ0) is 19.3. The lowest BCUT2D eigenvalue weighted by Crippen LogP contribution is -1.95. The van der Waals surface area contributed by atoms with Crippen LogP contribution in [-0.4, -0.2) is 4.98 Å². The summed E-state index contributed by atoms with van der Waals surface area (Å²) in [5.74, 6) is 0.723. The molecule has 0 fully saturated rings. The standard InChI is InChI=1S/C23H15ClN2S2/c24-18-10-8-16(9-11-18)15-28-23-20(14-25)19(17-5-2-1-3-6-17)13-21(26-23)22-7-4-12-27-22/h1-13H,15H2. The Morgan fingerprint density at radius 1 is 1.00 bits per heavy atom. The third kappa shape index (κ3) is 4.13. The lowest BCUT2D eigenvalue weighted by Gasteiger charge is -2.12. The van der Waals surface area contributed by atoms with Gasteiger partial charge in [0.05, 0.1) is 16.1 Å². The molecule has 0 amide bonds. The number of thioether (sulfide) groups is 1. The van der Waals surface area contributed by atoms with Crippen molar-refractivity contribution in [3.05, 3.63) is 94.3 Å². The molecule has 0 atom stereocenters. The van der Waals surface area contributed by atoms with E-state index in [0.29, 0.717) is 5.56 Å². The topological polar surface area (TPSA) is 36.7 Å². The molecule has 2 aromatic carbocycles. The molecule has 0 unspecified atom stereocenters. The predicted molar refractivity (Wildman–Crippen MR) is 119 cm³/mol. The Kier molecular flexibility index (Phi) is 5.78. The van der Waals surface area contributed by atoms with Crippen LogP contribution in [0.15, 0.2) is 83.2 Å². The average molecular weight is 419 g/mol. The largest absolute Gasteiger partial charge is 0.239 e. The summed E-state index contributed by atoms with van der Waals surface area (Å²) in [7, 11) is 0. The molecule has 136 valence electrons. The summed E-state index contributed by atoms with van der Waals surface area (Å²) in [6.45, 7) is 0. The summed E-state index contributed by atoms with van der Waals surface area (Å²) in [5.41, 5.74) is 4.59. The van der Waals surface area contributed by atoms with E-state index in [0.717, 1.165) is 43.1 Å². The van der Waals surface area contributed by atoms with Crippen LogP contribution in [0, 0.1) is 11.3 Å². The molecule has 28 heavy (non-hydrogen) atoms. The van der Waals surface area contributed by atoms with Gasteiger partial charge in [-0.25, -0.2) is 4.98 Å². The maximum atomic E-state index is 9.90. The molecule has 4 aromatic rings. The van der Waals surface area contributed by atoms with E-state index in [1.165, 1.54) is 0 Å². The monoisotopic (exact) mass is 418 g/mol. The van der Waals surface area contributed by atoms with Crippen LogP contribution >= 0.6 is 34.7 Å². The van der Waals surface area contributed by atoms with E-state index in [2.05, 4.69) is 12.1 Å². The van der Waals surface area contributed by atoms with Crippen molar-refractivity contribution < 1.29 is 0 Å². The van der Waals surface area contributed by atoms with E-state index >= 15 is 0 Å². The van der Waals surface area contributed by atoms with Gasteiger partial charge in [-0.1, -0.05) is 60.1 Å². The number of thiophene rings is 1. The van der Waals surface area contributed by atoms with Crippen molar-refractivity contribution >= 4 is 34.7 Å². The van der Waals surface area contributed by atoms with E-state index in [-0.39, 0.29) is 0 Å². The van der Waals surface area contributed by atoms with Gasteiger partial charge in [0, 0.05) is 16.3 Å². The van der Waals surface area contributed by atoms with Crippen LogP contribution in [-0.2, 0) is 5.75 Å². The van der Waals surface area contributed by atoms with Crippen LogP contribution < -0.4 is 0 Å². The highest BCUT2D eigenvalue weighted by Crippen LogP contribution is 2.36. The van der Waals surface area contributed by atoms with Gasteiger partial charge in [0.2, 0.25) is 0 Å². The van der Waals surface area contributed by atoms with Crippen LogP contribution in [0.2, 0.25) is 5.02 Å². The normalized spacial score (nSPS) is 10.6. The fraction of sp³-hybridized carbons (Fsp3) is 0.0435. The Labute approximate surface area is 177 Å². The molecule has 0 saturated carbocycles. The molecule has 4 rings (SSSR count). The average Bonchev–Trinajstić information content (AvgIpc) is 3.28. The second kappa shape index (κ2) is 8.62. The first-order chi connectivity index (χ1) is 13.7. The van der Waals surface area contributed by atoms with Crippen molar-refractivity contribution in [1.29, 1.82) is 5.26 Å². The molecule has 0 spiro atoms. The third-order valence-electron chi connectivity index (χ3n) is 4.25. The predicted octanol–water partition coefficient (Wildman–Crippen LogP) is 7.29. The highest BCUT2D eigenvalue weighted by molar-refractivity contribution is 7.98. The lowest BCUT2D eigenvalue weighted by molar-refractivity contribution is 1.12. The first kappa shape index (κ1) is 18.8. The van der Waals surface area contributed by atoms with E-state index in [1.807, 2.05) is 72.1 Å². The molecule has 0 saturated heterocycles. The molecule has 0 aliphatic carbocycles. The molecular weight excluding hydrogens is 404 g/mol. The minimum Gasteiger partial charge on any atom is -0.239 e. The first-order valence-electron chi connectivity index (χ1n) is 8.66. The molecule has 2 aromatic heterocycles. The van der Waals surface area contributed by atoms with Crippen molar-refractivity contribution in [3.63, 3.8) is 0 Å². The van der Waals surface area contributed by atoms with Gasteiger partial charge in [-0.15, -0.1) is 23.1 Å². The summed E-state index contributed by atoms with van der Waals surface area (Å²) in [4.78, 5) is 5.92. The maximum Gasteiger partial charge on any atom is 0.116 e. The Bertz CT molecular complexity index is 1120. The number of hydrogen-bond donors (Lipinski definition) is 0. The fourth-order valence-corrected chi connectivity index (χ4v) is 4.63. The van der Waals surface area contributed by atoms with E-state index in [1.54, 1.807) is 23.1 Å². The number of nitrogens with zero attached hydrogens (tertiary/aromatic N) is 2. The second-order valence-corrected chi connectivity index (χ2v) is 8.45. The molecule has 2 nitrogen and oxygen atoms in total. The molecule has 5 heteroatoms. The SMILES string of the molecule is N#Cc1c(-c2ccccc2)cc(-c2cccs2)nc1SCc1ccc(Cl)cc1. The fourth-order valence-electron chi connectivity index (χ4n) is 2.86. The number of aromatic nitrogens is 1. The number of halogens is 1. The second-order valence-electron chi connectivity index (χ2n) is 6.11. The summed E-state index contributed by atoms with van der Waals surface area (Å²) in [5, 5.41) is 13.4. The molecule has 0 aliphatic rings. The molecular formula is C23H15ClN2S2. The first-order valence-corrected chi connectivity index (χ1v) is 10.9. The minimum atomic E-state index is 0.616. The van der Waals surface area contributed by atoms with Crippen molar-refractivity contribution in [2.75, 3.05) is 0 Å². The lowest BCUT2D eigenvalue weighted by atomic mass is 10.0. The van der Waals surface area contributed by atoms with Crippen LogP contribution in [0.5, 0.6) is 0 Å². The number of benzene rings is 2. The van der Waals surface area contributed by atoms with Gasteiger partial charge < -0.3 is 0 Å². The summed E-state index contributed by atoms with van der Waals surface area (Å²) in [6.07, 6.45) is 0. The van der Waals surface area contributed by atoms with Crippen LogP contribution in [0.4, 0.5) is 0 Å². The van der Waals surface area contributed by atoms with E-state index in [9.17, 15) is 5.26 Å². The molecule has 2 heterocycles. The third-order valence-corrected chi connectivity index (χ3v) is 6.44. The van der Waals surface area contributed by atoms with Gasteiger partial charge in [-0.2, -0.15) is 5.26 Å². The smallest absolute Gasteiger partial charge is 0.116 e. The summed E-state index contributed by atoms with van der Waals surface area (Å²) in [6, 6.07) is 26.3. The van der Waals surface area contributed by atoms with Gasteiger partial charge in [0.25, 0.3) is 0 Å². The summed E-state index contributed by atoms with van der Waals surface area (Å²) < 4.78 is 0. The van der Waals surface area contributed by atoms with Crippen LogP contribution in [0.25, 0.3) is 21.7 Å². The Morgan fingerprint density at radius 2 is 1.79 bits per heavy atom. The highest BCUT2D eigenvalue weighted by atomic mass is 35.5. The number of pyridine rings is 1. The molecule has 0 N–H and O–H groups in total. The van der Waals surface area contributed by atoms with Crippen molar-refractivity contribution in [2.24, 2.45) is 0 Å².